The van der Waals surface area contributed by atoms with Crippen molar-refractivity contribution < 1.29 is 4.74 Å². The van der Waals surface area contributed by atoms with Gasteiger partial charge in [-0.25, -0.2) is 0 Å². The van der Waals surface area contributed by atoms with Crippen molar-refractivity contribution in [3.05, 3.63) is 24.3 Å². The van der Waals surface area contributed by atoms with Gasteiger partial charge in [0.1, 0.15) is 5.75 Å². The second-order valence-corrected chi connectivity index (χ2v) is 8.11. The molecular formula is C23H40IN5O. The van der Waals surface area contributed by atoms with Gasteiger partial charge in [0.05, 0.1) is 7.11 Å². The molecular weight excluding hydrogens is 489 g/mol. The average molecular weight is 530 g/mol. The first-order valence-electron chi connectivity index (χ1n) is 11.4. The molecule has 6 nitrogen and oxygen atoms in total. The van der Waals surface area contributed by atoms with Gasteiger partial charge >= 0.3 is 0 Å². The van der Waals surface area contributed by atoms with Gasteiger partial charge in [0.2, 0.25) is 0 Å². The third-order valence-electron chi connectivity index (χ3n) is 6.09. The Morgan fingerprint density at radius 1 is 1.00 bits per heavy atom. The third kappa shape index (κ3) is 7.80. The second kappa shape index (κ2) is 14.0. The van der Waals surface area contributed by atoms with Gasteiger partial charge in [0, 0.05) is 51.5 Å². The van der Waals surface area contributed by atoms with E-state index in [9.17, 15) is 0 Å². The topological polar surface area (TPSA) is 43.3 Å². The van der Waals surface area contributed by atoms with Crippen molar-refractivity contribution in [1.82, 2.24) is 15.1 Å². The number of hydrogen-bond acceptors (Lipinski definition) is 4. The van der Waals surface area contributed by atoms with Gasteiger partial charge in [-0.2, -0.15) is 0 Å². The number of anilines is 1. The van der Waals surface area contributed by atoms with Crippen molar-refractivity contribution in [1.29, 1.82) is 0 Å². The summed E-state index contributed by atoms with van der Waals surface area (Å²) in [7, 11) is 3.62. The minimum atomic E-state index is 0. The minimum absolute atomic E-state index is 0. The van der Waals surface area contributed by atoms with Crippen molar-refractivity contribution in [2.75, 3.05) is 71.4 Å². The summed E-state index contributed by atoms with van der Waals surface area (Å²) >= 11 is 0. The van der Waals surface area contributed by atoms with Crippen LogP contribution in [0, 0.1) is 0 Å². The number of piperidine rings is 1. The molecule has 0 radical (unpaired) electrons. The van der Waals surface area contributed by atoms with E-state index in [1.165, 1.54) is 63.8 Å². The van der Waals surface area contributed by atoms with E-state index in [2.05, 4.69) is 43.2 Å². The van der Waals surface area contributed by atoms with E-state index in [0.29, 0.717) is 0 Å². The van der Waals surface area contributed by atoms with E-state index < -0.39 is 0 Å². The predicted molar refractivity (Wildman–Crippen MR) is 138 cm³/mol. The Morgan fingerprint density at radius 3 is 2.47 bits per heavy atom. The van der Waals surface area contributed by atoms with Gasteiger partial charge < -0.3 is 24.8 Å². The second-order valence-electron chi connectivity index (χ2n) is 8.11. The Balaban J connectivity index is 0.00000320. The maximum absolute atomic E-state index is 5.36. The van der Waals surface area contributed by atoms with E-state index in [1.807, 2.05) is 13.1 Å². The highest BCUT2D eigenvalue weighted by Crippen LogP contribution is 2.22. The molecule has 0 spiro atoms. The lowest BCUT2D eigenvalue weighted by molar-refractivity contribution is 0.224. The lowest BCUT2D eigenvalue weighted by Crippen LogP contribution is -2.52. The highest BCUT2D eigenvalue weighted by atomic mass is 127. The molecule has 2 fully saturated rings. The van der Waals surface area contributed by atoms with Gasteiger partial charge in [0.25, 0.3) is 0 Å². The van der Waals surface area contributed by atoms with E-state index in [4.69, 9.17) is 4.74 Å². The first-order chi connectivity index (χ1) is 14.3. The number of halogens is 1. The van der Waals surface area contributed by atoms with Gasteiger partial charge in [-0.05, 0) is 57.5 Å². The lowest BCUT2D eigenvalue weighted by Gasteiger charge is -2.37. The van der Waals surface area contributed by atoms with E-state index in [0.717, 1.165) is 44.4 Å². The number of benzene rings is 1. The fraction of sp³-hybridized carbons (Fsp3) is 0.696. The quantitative estimate of drug-likeness (QED) is 0.241. The number of methoxy groups -OCH3 is 1. The molecule has 0 amide bonds. The van der Waals surface area contributed by atoms with Crippen LogP contribution in [0.15, 0.2) is 29.3 Å². The molecule has 1 aromatic carbocycles. The summed E-state index contributed by atoms with van der Waals surface area (Å²) < 4.78 is 5.36. The zero-order valence-electron chi connectivity index (χ0n) is 18.8. The first kappa shape index (κ1) is 25.0. The highest BCUT2D eigenvalue weighted by Gasteiger charge is 2.20. The number of rotatable bonds is 8. The van der Waals surface area contributed by atoms with Gasteiger partial charge in [0.15, 0.2) is 5.96 Å². The maximum atomic E-state index is 5.36. The van der Waals surface area contributed by atoms with E-state index >= 15 is 0 Å². The van der Waals surface area contributed by atoms with Crippen molar-refractivity contribution in [3.8, 4) is 5.75 Å². The van der Waals surface area contributed by atoms with Crippen LogP contribution in [0.1, 0.15) is 38.5 Å². The fourth-order valence-electron chi connectivity index (χ4n) is 4.34. The first-order valence-corrected chi connectivity index (χ1v) is 11.4. The molecule has 0 bridgehead atoms. The van der Waals surface area contributed by atoms with Crippen LogP contribution < -0.4 is 15.0 Å². The fourth-order valence-corrected chi connectivity index (χ4v) is 4.34. The average Bonchev–Trinajstić information content (AvgIpc) is 2.79. The molecule has 1 aromatic rings. The Bertz CT molecular complexity index is 628. The van der Waals surface area contributed by atoms with Gasteiger partial charge in [-0.3, -0.25) is 4.99 Å². The molecule has 3 rings (SSSR count). The molecule has 7 heteroatoms. The molecule has 0 saturated carbocycles. The van der Waals surface area contributed by atoms with Crippen molar-refractivity contribution in [2.24, 2.45) is 4.99 Å². The largest absolute Gasteiger partial charge is 0.497 e. The summed E-state index contributed by atoms with van der Waals surface area (Å²) in [4.78, 5) is 12.0. The molecule has 0 unspecified atom stereocenters. The van der Waals surface area contributed by atoms with E-state index in [1.54, 1.807) is 7.11 Å². The van der Waals surface area contributed by atoms with E-state index in [-0.39, 0.29) is 24.0 Å². The Morgan fingerprint density at radius 2 is 1.77 bits per heavy atom. The zero-order chi connectivity index (χ0) is 20.3. The molecule has 170 valence electrons. The molecule has 30 heavy (non-hydrogen) atoms. The number of guanidine groups is 1. The Kier molecular flexibility index (Phi) is 11.7. The van der Waals surface area contributed by atoms with Crippen LogP contribution in [0.25, 0.3) is 0 Å². The highest BCUT2D eigenvalue weighted by molar-refractivity contribution is 14.0. The monoisotopic (exact) mass is 529 g/mol. The third-order valence-corrected chi connectivity index (χ3v) is 6.09. The van der Waals surface area contributed by atoms with Crippen molar-refractivity contribution >= 4 is 35.6 Å². The van der Waals surface area contributed by atoms with Crippen LogP contribution in [0.3, 0.4) is 0 Å². The summed E-state index contributed by atoms with van der Waals surface area (Å²) in [6, 6.07) is 8.34. The standard InChI is InChI=1S/C23H39N5O.HI/c1-24-23(25-12-5-3-6-13-26-14-7-4-8-15-26)28-18-16-27(17-19-28)21-10-9-11-22(20-21)29-2;/h9-11,20H,3-8,12-19H2,1-2H3,(H,24,25);1H. The number of aliphatic imine (C=N–C) groups is 1. The number of nitrogens with zero attached hydrogens (tertiary/aromatic N) is 4. The smallest absolute Gasteiger partial charge is 0.193 e. The summed E-state index contributed by atoms with van der Waals surface area (Å²) in [5, 5.41) is 3.57. The molecule has 2 heterocycles. The van der Waals surface area contributed by atoms with Crippen LogP contribution in [0.4, 0.5) is 5.69 Å². The maximum Gasteiger partial charge on any atom is 0.193 e. The lowest BCUT2D eigenvalue weighted by atomic mass is 10.1. The summed E-state index contributed by atoms with van der Waals surface area (Å²) in [5.41, 5.74) is 1.24. The minimum Gasteiger partial charge on any atom is -0.497 e. The molecule has 0 aliphatic carbocycles. The van der Waals surface area contributed by atoms with Crippen LogP contribution in [-0.2, 0) is 0 Å². The number of unbranched alkanes of at least 4 members (excludes halogenated alkanes) is 2. The van der Waals surface area contributed by atoms with Gasteiger partial charge in [-0.1, -0.05) is 18.9 Å². The number of likely N-dealkylation sites (tertiary alicyclic amines) is 1. The summed E-state index contributed by atoms with van der Waals surface area (Å²) in [6.45, 7) is 8.91. The predicted octanol–water partition coefficient (Wildman–Crippen LogP) is 3.67. The normalized spacial score (nSPS) is 18.1. The van der Waals surface area contributed by atoms with Crippen LogP contribution in [0.2, 0.25) is 0 Å². The number of ether oxygens (including phenoxy) is 1. The number of nitrogens with one attached hydrogen (secondary N) is 1. The number of piperazine rings is 1. The summed E-state index contributed by atoms with van der Waals surface area (Å²) in [6.07, 6.45) is 8.04. The molecule has 2 aliphatic rings. The van der Waals surface area contributed by atoms with Gasteiger partial charge in [-0.15, -0.1) is 24.0 Å². The Labute approximate surface area is 200 Å². The molecule has 0 aromatic heterocycles. The van der Waals surface area contributed by atoms with Crippen molar-refractivity contribution in [2.45, 2.75) is 38.5 Å². The Hall–Kier alpha value is -1.22. The van der Waals surface area contributed by atoms with Crippen LogP contribution >= 0.6 is 24.0 Å². The molecule has 0 atom stereocenters. The van der Waals surface area contributed by atoms with Crippen LogP contribution in [0.5, 0.6) is 5.75 Å². The SMILES string of the molecule is CN=C(NCCCCCN1CCCCC1)N1CCN(c2cccc(OC)c2)CC1.I. The van der Waals surface area contributed by atoms with Crippen LogP contribution in [-0.4, -0.2) is 82.3 Å². The molecule has 1 N–H and O–H groups in total. The summed E-state index contributed by atoms with van der Waals surface area (Å²) in [5.74, 6) is 1.97. The molecule has 2 saturated heterocycles. The molecule has 2 aliphatic heterocycles. The number of hydrogen-bond donors (Lipinski definition) is 1. The van der Waals surface area contributed by atoms with Crippen molar-refractivity contribution in [3.63, 3.8) is 0 Å². The zero-order valence-corrected chi connectivity index (χ0v) is 21.1.